The second-order valence-corrected chi connectivity index (χ2v) is 16.1. The van der Waals surface area contributed by atoms with E-state index in [-0.39, 0.29) is 35.4 Å². The van der Waals surface area contributed by atoms with Crippen LogP contribution in [0.2, 0.25) is 0 Å². The molecule has 3 saturated heterocycles. The molecule has 7 rings (SSSR count). The van der Waals surface area contributed by atoms with Crippen molar-refractivity contribution in [3.63, 3.8) is 0 Å². The summed E-state index contributed by atoms with van der Waals surface area (Å²) in [5.41, 5.74) is 0.404. The highest BCUT2D eigenvalue weighted by molar-refractivity contribution is 5.16. The Morgan fingerprint density at radius 3 is 2.28 bits per heavy atom. The molecule has 0 aromatic rings. The summed E-state index contributed by atoms with van der Waals surface area (Å²) in [6, 6.07) is 0. The summed E-state index contributed by atoms with van der Waals surface area (Å²) >= 11 is 0. The van der Waals surface area contributed by atoms with Crippen molar-refractivity contribution in [2.75, 3.05) is 6.61 Å². The van der Waals surface area contributed by atoms with Crippen LogP contribution in [0.1, 0.15) is 85.5 Å². The van der Waals surface area contributed by atoms with Gasteiger partial charge in [0.2, 0.25) is 0 Å². The molecule has 6 N–H and O–H groups in total. The van der Waals surface area contributed by atoms with Crippen molar-refractivity contribution in [1.29, 1.82) is 0 Å². The first-order chi connectivity index (χ1) is 20.3. The molecule has 0 amide bonds. The van der Waals surface area contributed by atoms with Crippen molar-refractivity contribution in [3.8, 4) is 0 Å². The van der Waals surface area contributed by atoms with Gasteiger partial charge in [-0.1, -0.05) is 27.7 Å². The topological polar surface area (TPSA) is 158 Å². The molecule has 7 aliphatic rings. The number of fused-ring (bicyclic) bond motifs is 7. The van der Waals surface area contributed by atoms with Gasteiger partial charge in [0.05, 0.1) is 18.8 Å². The van der Waals surface area contributed by atoms with Crippen molar-refractivity contribution in [2.24, 2.45) is 52.3 Å². The monoisotopic (exact) mass is 610 g/mol. The van der Waals surface area contributed by atoms with Gasteiger partial charge in [0, 0.05) is 11.8 Å². The van der Waals surface area contributed by atoms with E-state index in [2.05, 4.69) is 20.8 Å². The second-order valence-electron chi connectivity index (χ2n) is 16.1. The average Bonchev–Trinajstić information content (AvgIpc) is 3.58. The molecule has 3 aliphatic heterocycles. The Morgan fingerprint density at radius 2 is 1.53 bits per heavy atom. The Morgan fingerprint density at radius 1 is 0.791 bits per heavy atom. The fraction of sp³-hybridized carbons (Fsp3) is 1.00. The van der Waals surface area contributed by atoms with Gasteiger partial charge in [0.15, 0.2) is 18.4 Å². The van der Waals surface area contributed by atoms with E-state index in [1.165, 1.54) is 19.3 Å². The Balaban J connectivity index is 1.04. The number of ether oxygens (including phenoxy) is 4. The van der Waals surface area contributed by atoms with Gasteiger partial charge in [0.1, 0.15) is 30.5 Å². The Hall–Kier alpha value is -0.400. The molecule has 0 aromatic carbocycles. The lowest BCUT2D eigenvalue weighted by molar-refractivity contribution is -0.350. The maximum absolute atomic E-state index is 12.2. The van der Waals surface area contributed by atoms with Gasteiger partial charge in [0.25, 0.3) is 0 Å². The third-order valence-corrected chi connectivity index (χ3v) is 14.2. The predicted molar refractivity (Wildman–Crippen MR) is 153 cm³/mol. The summed E-state index contributed by atoms with van der Waals surface area (Å²) in [6.07, 6.45) is 0.787. The van der Waals surface area contributed by atoms with Gasteiger partial charge in [-0.05, 0) is 98.2 Å². The van der Waals surface area contributed by atoms with Crippen LogP contribution in [-0.2, 0) is 18.9 Å². The molecule has 0 bridgehead atoms. The smallest absolute Gasteiger partial charge is 0.195 e. The summed E-state index contributed by atoms with van der Waals surface area (Å²) < 4.78 is 24.5. The third-order valence-electron chi connectivity index (χ3n) is 14.2. The van der Waals surface area contributed by atoms with E-state index in [0.29, 0.717) is 35.5 Å². The van der Waals surface area contributed by atoms with Gasteiger partial charge in [-0.2, -0.15) is 0 Å². The zero-order valence-electron chi connectivity index (χ0n) is 26.1. The van der Waals surface area contributed by atoms with E-state index in [0.717, 1.165) is 32.1 Å². The average molecular weight is 611 g/mol. The quantitative estimate of drug-likeness (QED) is 0.278. The van der Waals surface area contributed by atoms with E-state index in [4.69, 9.17) is 18.9 Å². The van der Waals surface area contributed by atoms with Gasteiger partial charge in [-0.3, -0.25) is 0 Å². The van der Waals surface area contributed by atoms with Crippen molar-refractivity contribution < 1.29 is 49.6 Å². The van der Waals surface area contributed by atoms with Crippen LogP contribution >= 0.6 is 0 Å². The summed E-state index contributed by atoms with van der Waals surface area (Å²) in [4.78, 5) is 0. The van der Waals surface area contributed by atoms with E-state index in [9.17, 15) is 30.6 Å². The van der Waals surface area contributed by atoms with Crippen LogP contribution in [0.15, 0.2) is 0 Å². The van der Waals surface area contributed by atoms with Gasteiger partial charge < -0.3 is 49.6 Å². The Kier molecular flexibility index (Phi) is 7.86. The molecule has 10 nitrogen and oxygen atoms in total. The standard InChI is InChI=1S/C33H54O10/c1-15-11-24(41-29(15)42-30-28(38)27(37)26(36)23(14-34)40-30)33(39)16(2)25-22(43-33)13-21-19-6-5-17-12-18(35)7-9-31(17,3)20(19)8-10-32(21,25)4/h15-30,34-39H,5-14H2,1-4H3/t15-,16+,17+,18+,19-,20+,21+,22+,23-,24+,25+,26-,27+,28-,29+,30+,31+,32+,33+/m1/s1. The van der Waals surface area contributed by atoms with Gasteiger partial charge in [-0.25, -0.2) is 0 Å². The number of aliphatic hydroxyl groups excluding tert-OH is 5. The number of hydrogen-bond donors (Lipinski definition) is 6. The minimum atomic E-state index is -1.53. The largest absolute Gasteiger partial charge is 0.394 e. The number of hydrogen-bond acceptors (Lipinski definition) is 10. The SMILES string of the molecule is C[C@@H]1C[C@@H]([C@@]2(O)O[C@H]3C[C@H]4[C@@H]5CC[C@H]6C[C@@H](O)CC[C@]6(C)[C@H]5CC[C@]4(C)[C@H]3[C@@H]2C)O[C@H]1O[C@@H]1O[C@H](CO)[C@@H](O)[C@H](O)[C@H]1O. The van der Waals surface area contributed by atoms with Crippen LogP contribution in [0.4, 0.5) is 0 Å². The molecule has 0 radical (unpaired) electrons. The van der Waals surface area contributed by atoms with Crippen LogP contribution in [0.3, 0.4) is 0 Å². The molecule has 43 heavy (non-hydrogen) atoms. The molecular weight excluding hydrogens is 556 g/mol. The maximum Gasteiger partial charge on any atom is 0.195 e. The fourth-order valence-corrected chi connectivity index (χ4v) is 11.8. The molecule has 3 heterocycles. The molecule has 19 atom stereocenters. The first-order valence-electron chi connectivity index (χ1n) is 17.0. The zero-order valence-corrected chi connectivity index (χ0v) is 26.1. The summed E-state index contributed by atoms with van der Waals surface area (Å²) in [5.74, 6) is 1.04. The highest BCUT2D eigenvalue weighted by Gasteiger charge is 2.70. The molecule has 7 fully saturated rings. The van der Waals surface area contributed by atoms with Crippen LogP contribution in [0, 0.1) is 52.3 Å². The highest BCUT2D eigenvalue weighted by atomic mass is 16.8. The van der Waals surface area contributed by atoms with Crippen molar-refractivity contribution in [1.82, 2.24) is 0 Å². The lowest BCUT2D eigenvalue weighted by atomic mass is 9.44. The fourth-order valence-electron chi connectivity index (χ4n) is 11.8. The van der Waals surface area contributed by atoms with Crippen molar-refractivity contribution >= 4 is 0 Å². The number of aliphatic hydroxyl groups is 6. The maximum atomic E-state index is 12.2. The van der Waals surface area contributed by atoms with Crippen LogP contribution in [0.5, 0.6) is 0 Å². The lowest BCUT2D eigenvalue weighted by Gasteiger charge is -2.61. The third kappa shape index (κ3) is 4.56. The molecule has 4 aliphatic carbocycles. The Labute approximate surface area is 255 Å². The second kappa shape index (κ2) is 10.8. The molecule has 0 unspecified atom stereocenters. The minimum Gasteiger partial charge on any atom is -0.394 e. The molecule has 0 spiro atoms. The van der Waals surface area contributed by atoms with Crippen molar-refractivity contribution in [2.45, 2.75) is 147 Å². The van der Waals surface area contributed by atoms with Crippen molar-refractivity contribution in [3.05, 3.63) is 0 Å². The first-order valence-corrected chi connectivity index (χ1v) is 17.0. The van der Waals surface area contributed by atoms with Crippen LogP contribution in [-0.4, -0.2) is 98.3 Å². The predicted octanol–water partition coefficient (Wildman–Crippen LogP) is 1.91. The minimum absolute atomic E-state index is 0.0308. The summed E-state index contributed by atoms with van der Waals surface area (Å²) in [7, 11) is 0. The normalized spacial score (nSPS) is 61.5. The molecular formula is C33H54O10. The van der Waals surface area contributed by atoms with E-state index in [1.807, 2.05) is 6.92 Å². The molecule has 246 valence electrons. The van der Waals surface area contributed by atoms with E-state index >= 15 is 0 Å². The summed E-state index contributed by atoms with van der Waals surface area (Å²) in [6.45, 7) is 8.49. The highest BCUT2D eigenvalue weighted by Crippen LogP contribution is 2.71. The van der Waals surface area contributed by atoms with E-state index in [1.54, 1.807) is 0 Å². The van der Waals surface area contributed by atoms with Gasteiger partial charge >= 0.3 is 0 Å². The van der Waals surface area contributed by atoms with Crippen LogP contribution in [0.25, 0.3) is 0 Å². The number of rotatable bonds is 4. The van der Waals surface area contributed by atoms with E-state index < -0.39 is 55.5 Å². The Bertz CT molecular complexity index is 1040. The molecule has 10 heteroatoms. The molecule has 0 aromatic heterocycles. The van der Waals surface area contributed by atoms with Gasteiger partial charge in [-0.15, -0.1) is 0 Å². The lowest BCUT2D eigenvalue weighted by Crippen LogP contribution is -2.60. The summed E-state index contributed by atoms with van der Waals surface area (Å²) in [5, 5.41) is 62.9. The van der Waals surface area contributed by atoms with Crippen LogP contribution < -0.4 is 0 Å². The first kappa shape index (κ1) is 31.2. The molecule has 4 saturated carbocycles. The zero-order chi connectivity index (χ0) is 30.6.